The number of carbonyl (C=O) groups is 2. The predicted molar refractivity (Wildman–Crippen MR) is 117 cm³/mol. The fraction of sp³-hybridized carbons (Fsp3) is 0.240. The summed E-state index contributed by atoms with van der Waals surface area (Å²) < 4.78 is 12.4. The number of benzene rings is 2. The summed E-state index contributed by atoms with van der Waals surface area (Å²) in [6.45, 7) is 4.47. The highest BCUT2D eigenvalue weighted by Crippen LogP contribution is 2.42. The van der Waals surface area contributed by atoms with Gasteiger partial charge in [0.25, 0.3) is 0 Å². The van der Waals surface area contributed by atoms with Gasteiger partial charge in [0.2, 0.25) is 5.91 Å². The maximum absolute atomic E-state index is 12.4. The number of aromatic nitrogens is 1. The summed E-state index contributed by atoms with van der Waals surface area (Å²) in [5, 5.41) is 0. The first-order valence-electron chi connectivity index (χ1n) is 10.2. The Balaban J connectivity index is 1.79. The molecule has 158 valence electrons. The average Bonchev–Trinajstić information content (AvgIpc) is 2.78. The quantitative estimate of drug-likeness (QED) is 0.641. The lowest BCUT2D eigenvalue weighted by atomic mass is 9.93. The largest absolute Gasteiger partial charge is 0.492 e. The Bertz CT molecular complexity index is 1110. The molecule has 0 unspecified atom stereocenters. The number of amides is 1. The average molecular weight is 416 g/mol. The van der Waals surface area contributed by atoms with Crippen LogP contribution in [0.15, 0.2) is 60.9 Å². The van der Waals surface area contributed by atoms with E-state index in [2.05, 4.69) is 4.98 Å². The Labute approximate surface area is 181 Å². The van der Waals surface area contributed by atoms with Crippen LogP contribution >= 0.6 is 0 Å². The van der Waals surface area contributed by atoms with Crippen LogP contribution in [0.3, 0.4) is 0 Å². The summed E-state index contributed by atoms with van der Waals surface area (Å²) in [5.74, 6) is 0.964. The van der Waals surface area contributed by atoms with Crippen molar-refractivity contribution in [3.63, 3.8) is 0 Å². The number of ether oxygens (including phenoxy) is 2. The minimum Gasteiger partial charge on any atom is -0.492 e. The van der Waals surface area contributed by atoms with Crippen LogP contribution in [0.2, 0.25) is 0 Å². The van der Waals surface area contributed by atoms with Gasteiger partial charge in [0.05, 0.1) is 12.2 Å². The van der Waals surface area contributed by atoms with Gasteiger partial charge in [0, 0.05) is 29.9 Å². The van der Waals surface area contributed by atoms with Crippen LogP contribution in [0.4, 0.5) is 0 Å². The van der Waals surface area contributed by atoms with Crippen molar-refractivity contribution < 1.29 is 19.1 Å². The first-order chi connectivity index (χ1) is 15.0. The number of nitrogens with two attached hydrogens (primary N) is 1. The van der Waals surface area contributed by atoms with Crippen LogP contribution in [-0.2, 0) is 0 Å². The molecule has 2 aromatic carbocycles. The van der Waals surface area contributed by atoms with E-state index in [0.717, 1.165) is 16.7 Å². The molecule has 0 saturated carbocycles. The van der Waals surface area contributed by atoms with Gasteiger partial charge in [-0.3, -0.25) is 14.6 Å². The van der Waals surface area contributed by atoms with E-state index in [4.69, 9.17) is 15.2 Å². The highest BCUT2D eigenvalue weighted by Gasteiger charge is 2.27. The molecule has 1 aromatic heterocycles. The monoisotopic (exact) mass is 416 g/mol. The molecule has 6 heteroatoms. The van der Waals surface area contributed by atoms with E-state index in [9.17, 15) is 9.59 Å². The Morgan fingerprint density at radius 1 is 1.03 bits per heavy atom. The molecule has 0 saturated heterocycles. The second-order valence-corrected chi connectivity index (χ2v) is 7.80. The molecule has 0 aliphatic carbocycles. The summed E-state index contributed by atoms with van der Waals surface area (Å²) in [7, 11) is 0. The highest BCUT2D eigenvalue weighted by atomic mass is 16.5. The fourth-order valence-corrected chi connectivity index (χ4v) is 3.80. The van der Waals surface area contributed by atoms with E-state index >= 15 is 0 Å². The fourth-order valence-electron chi connectivity index (χ4n) is 3.80. The molecule has 0 bridgehead atoms. The number of pyridine rings is 1. The molecule has 1 aliphatic heterocycles. The third-order valence-corrected chi connectivity index (χ3v) is 5.36. The summed E-state index contributed by atoms with van der Waals surface area (Å²) in [4.78, 5) is 27.9. The van der Waals surface area contributed by atoms with Crippen LogP contribution in [0.1, 0.15) is 69.7 Å². The number of hydrogen-bond acceptors (Lipinski definition) is 5. The molecule has 2 N–H and O–H groups in total. The number of fused-ring (bicyclic) bond motifs is 1. The maximum Gasteiger partial charge on any atom is 0.248 e. The number of primary amides is 1. The SMILES string of the molecule is CC(C)c1c(O[C@H](c2ccncc2)c2ccc(C(N)=O)cc2)ccc2c1OCCC2=O. The van der Waals surface area contributed by atoms with Gasteiger partial charge in [-0.1, -0.05) is 26.0 Å². The normalized spacial score (nSPS) is 14.0. The third kappa shape index (κ3) is 4.14. The second-order valence-electron chi connectivity index (χ2n) is 7.80. The molecular formula is C25H24N2O4. The van der Waals surface area contributed by atoms with E-state index in [-0.39, 0.29) is 11.7 Å². The number of hydrogen-bond donors (Lipinski definition) is 1. The molecule has 3 aromatic rings. The summed E-state index contributed by atoms with van der Waals surface area (Å²) >= 11 is 0. The van der Waals surface area contributed by atoms with Crippen LogP contribution in [0.5, 0.6) is 11.5 Å². The molecule has 2 heterocycles. The van der Waals surface area contributed by atoms with Crippen molar-refractivity contribution in [3.05, 3.63) is 88.7 Å². The van der Waals surface area contributed by atoms with Gasteiger partial charge in [-0.15, -0.1) is 0 Å². The van der Waals surface area contributed by atoms with Gasteiger partial charge >= 0.3 is 0 Å². The van der Waals surface area contributed by atoms with Crippen LogP contribution in [0.25, 0.3) is 0 Å². The van der Waals surface area contributed by atoms with Crippen molar-refractivity contribution in [1.29, 1.82) is 0 Å². The van der Waals surface area contributed by atoms with Crippen molar-refractivity contribution in [2.24, 2.45) is 5.73 Å². The Kier molecular flexibility index (Phi) is 5.71. The van der Waals surface area contributed by atoms with E-state index < -0.39 is 12.0 Å². The smallest absolute Gasteiger partial charge is 0.248 e. The summed E-state index contributed by atoms with van der Waals surface area (Å²) in [6.07, 6.45) is 3.36. The van der Waals surface area contributed by atoms with E-state index in [1.807, 2.05) is 44.2 Å². The van der Waals surface area contributed by atoms with Crippen molar-refractivity contribution >= 4 is 11.7 Å². The van der Waals surface area contributed by atoms with Gasteiger partial charge in [-0.05, 0) is 53.4 Å². The lowest BCUT2D eigenvalue weighted by Gasteiger charge is -2.27. The zero-order valence-corrected chi connectivity index (χ0v) is 17.5. The number of carbonyl (C=O) groups excluding carboxylic acids is 2. The predicted octanol–water partition coefficient (Wildman–Crippen LogP) is 4.44. The van der Waals surface area contributed by atoms with E-state index in [0.29, 0.717) is 35.7 Å². The number of nitrogens with zero attached hydrogens (tertiary/aromatic N) is 1. The van der Waals surface area contributed by atoms with Crippen LogP contribution in [0, 0.1) is 0 Å². The topological polar surface area (TPSA) is 91.5 Å². The lowest BCUT2D eigenvalue weighted by molar-refractivity contribution is 0.0930. The Morgan fingerprint density at radius 2 is 1.71 bits per heavy atom. The minimum absolute atomic E-state index is 0.0856. The molecule has 1 atom stereocenters. The maximum atomic E-state index is 12.4. The van der Waals surface area contributed by atoms with E-state index in [1.54, 1.807) is 30.6 Å². The highest BCUT2D eigenvalue weighted by molar-refractivity contribution is 6.00. The van der Waals surface area contributed by atoms with Crippen molar-refractivity contribution in [2.75, 3.05) is 6.61 Å². The van der Waals surface area contributed by atoms with Gasteiger partial charge in [-0.2, -0.15) is 0 Å². The minimum atomic E-state index is -0.480. The molecule has 31 heavy (non-hydrogen) atoms. The molecule has 1 aliphatic rings. The molecule has 1 amide bonds. The molecular weight excluding hydrogens is 392 g/mol. The molecule has 0 fully saturated rings. The standard InChI is InChI=1S/C25H24N2O4/c1-15(2)22-21(8-7-19-20(28)11-14-30-24(19)22)31-23(17-9-12-27-13-10-17)16-3-5-18(6-4-16)25(26)29/h3-10,12-13,15,23H,11,14H2,1-2H3,(H2,26,29)/t23-/m0/s1. The lowest BCUT2D eigenvalue weighted by Crippen LogP contribution is -2.18. The number of Topliss-reactive ketones (excluding diaryl/α,β-unsaturated/α-hetero) is 1. The molecule has 0 radical (unpaired) electrons. The summed E-state index contributed by atoms with van der Waals surface area (Å²) in [5.41, 5.74) is 9.06. The van der Waals surface area contributed by atoms with Gasteiger partial charge in [-0.25, -0.2) is 0 Å². The van der Waals surface area contributed by atoms with Crippen molar-refractivity contribution in [1.82, 2.24) is 4.98 Å². The molecule has 0 spiro atoms. The Hall–Kier alpha value is -3.67. The number of ketones is 1. The van der Waals surface area contributed by atoms with Crippen LogP contribution in [-0.4, -0.2) is 23.3 Å². The Morgan fingerprint density at radius 3 is 2.35 bits per heavy atom. The number of rotatable bonds is 6. The zero-order valence-electron chi connectivity index (χ0n) is 17.5. The zero-order chi connectivity index (χ0) is 22.0. The van der Waals surface area contributed by atoms with Crippen molar-refractivity contribution in [3.8, 4) is 11.5 Å². The summed E-state index contributed by atoms with van der Waals surface area (Å²) in [6, 6.07) is 14.4. The second kappa shape index (κ2) is 8.60. The van der Waals surface area contributed by atoms with Crippen molar-refractivity contribution in [2.45, 2.75) is 32.3 Å². The van der Waals surface area contributed by atoms with Gasteiger partial charge in [0.1, 0.15) is 17.6 Å². The first kappa shape index (κ1) is 20.6. The van der Waals surface area contributed by atoms with Crippen LogP contribution < -0.4 is 15.2 Å². The molecule has 4 rings (SSSR count). The van der Waals surface area contributed by atoms with Gasteiger partial charge in [0.15, 0.2) is 5.78 Å². The van der Waals surface area contributed by atoms with E-state index in [1.165, 1.54) is 0 Å². The molecule has 6 nitrogen and oxygen atoms in total. The van der Waals surface area contributed by atoms with Gasteiger partial charge < -0.3 is 15.2 Å². The third-order valence-electron chi connectivity index (χ3n) is 5.36. The first-order valence-corrected chi connectivity index (χ1v) is 10.2.